The molecule has 24 heavy (non-hydrogen) atoms. The topological polar surface area (TPSA) is 113 Å². The normalized spacial score (nSPS) is 10.4. The van der Waals surface area contributed by atoms with E-state index in [0.717, 1.165) is 6.20 Å². The highest BCUT2D eigenvalue weighted by atomic mass is 79.9. The predicted molar refractivity (Wildman–Crippen MR) is 92.4 cm³/mol. The van der Waals surface area contributed by atoms with E-state index in [0.29, 0.717) is 26.6 Å². The minimum Gasteiger partial charge on any atom is -0.476 e. The Labute approximate surface area is 150 Å². The number of anilines is 1. The molecule has 0 fully saturated rings. The third-order valence-electron chi connectivity index (χ3n) is 2.65. The lowest BCUT2D eigenvalue weighted by molar-refractivity contribution is -0.385. The summed E-state index contributed by atoms with van der Waals surface area (Å²) in [6.45, 7) is -0.112. The highest BCUT2D eigenvalue weighted by Crippen LogP contribution is 2.34. The number of hydrogen-bond acceptors (Lipinski definition) is 7. The van der Waals surface area contributed by atoms with E-state index in [1.807, 2.05) is 6.07 Å². The fourth-order valence-corrected chi connectivity index (χ4v) is 2.62. The van der Waals surface area contributed by atoms with Gasteiger partial charge in [-0.1, -0.05) is 11.6 Å². The van der Waals surface area contributed by atoms with Crippen LogP contribution in [0.1, 0.15) is 5.56 Å². The third kappa shape index (κ3) is 4.65. The van der Waals surface area contributed by atoms with Gasteiger partial charge in [0.1, 0.15) is 18.1 Å². The highest BCUT2D eigenvalue weighted by Gasteiger charge is 2.09. The number of aromatic nitrogens is 1. The molecule has 0 saturated heterocycles. The Morgan fingerprint density at radius 1 is 1.54 bits per heavy atom. The number of hydrazone groups is 1. The minimum absolute atomic E-state index is 0.104. The SMILES string of the molecule is N#CCOc1c(Cl)cc(/C=N/Nc2ccc([N+](=O)[O-])cn2)cc1Br. The summed E-state index contributed by atoms with van der Waals surface area (Å²) in [5.41, 5.74) is 3.22. The van der Waals surface area contributed by atoms with Crippen LogP contribution in [0.5, 0.6) is 5.75 Å². The van der Waals surface area contributed by atoms with Crippen molar-refractivity contribution in [3.8, 4) is 11.8 Å². The van der Waals surface area contributed by atoms with E-state index in [9.17, 15) is 10.1 Å². The lowest BCUT2D eigenvalue weighted by atomic mass is 10.2. The van der Waals surface area contributed by atoms with Crippen molar-refractivity contribution in [2.75, 3.05) is 12.0 Å². The molecule has 10 heteroatoms. The van der Waals surface area contributed by atoms with Gasteiger partial charge in [0.2, 0.25) is 0 Å². The van der Waals surface area contributed by atoms with Crippen LogP contribution in [0.25, 0.3) is 0 Å². The first-order valence-corrected chi connectivity index (χ1v) is 7.56. The van der Waals surface area contributed by atoms with Gasteiger partial charge in [-0.3, -0.25) is 15.5 Å². The Morgan fingerprint density at radius 2 is 2.33 bits per heavy atom. The summed E-state index contributed by atoms with van der Waals surface area (Å²) >= 11 is 9.40. The number of nitrogens with one attached hydrogen (secondary N) is 1. The van der Waals surface area contributed by atoms with Gasteiger partial charge >= 0.3 is 0 Å². The van der Waals surface area contributed by atoms with Gasteiger partial charge in [-0.2, -0.15) is 10.4 Å². The molecule has 8 nitrogen and oxygen atoms in total. The monoisotopic (exact) mass is 409 g/mol. The second-order valence-electron chi connectivity index (χ2n) is 4.29. The van der Waals surface area contributed by atoms with Gasteiger partial charge in [0.05, 0.1) is 20.6 Å². The highest BCUT2D eigenvalue weighted by molar-refractivity contribution is 9.10. The molecule has 0 radical (unpaired) electrons. The largest absolute Gasteiger partial charge is 0.476 e. The zero-order valence-electron chi connectivity index (χ0n) is 11.9. The molecule has 1 aromatic heterocycles. The number of halogens is 2. The molecule has 0 spiro atoms. The Kier molecular flexibility index (Phi) is 6.06. The summed E-state index contributed by atoms with van der Waals surface area (Å²) < 4.78 is 5.79. The van der Waals surface area contributed by atoms with Crippen molar-refractivity contribution < 1.29 is 9.66 Å². The Morgan fingerprint density at radius 3 is 2.92 bits per heavy atom. The Balaban J connectivity index is 2.06. The van der Waals surface area contributed by atoms with Gasteiger partial charge in [-0.15, -0.1) is 0 Å². The van der Waals surface area contributed by atoms with Gasteiger partial charge in [0.25, 0.3) is 5.69 Å². The first kappa shape index (κ1) is 17.7. The van der Waals surface area contributed by atoms with Crippen molar-refractivity contribution in [1.82, 2.24) is 4.98 Å². The number of hydrogen-bond donors (Lipinski definition) is 1. The first-order chi connectivity index (χ1) is 11.5. The van der Waals surface area contributed by atoms with Crippen LogP contribution in [-0.2, 0) is 0 Å². The Bertz CT molecular complexity index is 797. The van der Waals surface area contributed by atoms with Crippen LogP contribution in [0, 0.1) is 21.4 Å². The maximum Gasteiger partial charge on any atom is 0.287 e. The summed E-state index contributed by atoms with van der Waals surface area (Å²) in [7, 11) is 0. The van der Waals surface area contributed by atoms with E-state index in [1.165, 1.54) is 18.3 Å². The molecule has 0 unspecified atom stereocenters. The number of ether oxygens (including phenoxy) is 1. The standard InChI is InChI=1S/C14H9BrClN5O3/c15-11-5-9(6-12(16)14(11)24-4-3-17)7-19-20-13-2-1-10(8-18-13)21(22)23/h1-2,5-8H,4H2,(H,18,20)/b19-7+. The Hall–Kier alpha value is -2.70. The van der Waals surface area contributed by atoms with Crippen molar-refractivity contribution in [2.45, 2.75) is 0 Å². The number of nitro groups is 1. The molecular weight excluding hydrogens is 402 g/mol. The maximum atomic E-state index is 10.5. The molecule has 0 bridgehead atoms. The zero-order chi connectivity index (χ0) is 17.5. The molecule has 2 aromatic rings. The lowest BCUT2D eigenvalue weighted by Crippen LogP contribution is -1.97. The second kappa shape index (κ2) is 8.24. The minimum atomic E-state index is -0.532. The quantitative estimate of drug-likeness (QED) is 0.441. The predicted octanol–water partition coefficient (Wildman–Crippen LogP) is 3.75. The van der Waals surface area contributed by atoms with Crippen molar-refractivity contribution in [3.05, 3.63) is 55.6 Å². The molecule has 0 amide bonds. The first-order valence-electron chi connectivity index (χ1n) is 6.39. The summed E-state index contributed by atoms with van der Waals surface area (Å²) in [5, 5.41) is 23.4. The van der Waals surface area contributed by atoms with Crippen molar-refractivity contribution in [2.24, 2.45) is 5.10 Å². The van der Waals surface area contributed by atoms with Crippen molar-refractivity contribution >= 4 is 45.3 Å². The third-order valence-corrected chi connectivity index (χ3v) is 3.52. The molecule has 0 saturated carbocycles. The van der Waals surface area contributed by atoms with Crippen LogP contribution in [0.2, 0.25) is 5.02 Å². The van der Waals surface area contributed by atoms with Gasteiger partial charge in [0, 0.05) is 6.07 Å². The molecule has 1 heterocycles. The van der Waals surface area contributed by atoms with E-state index in [4.69, 9.17) is 21.6 Å². The number of rotatable bonds is 6. The van der Waals surface area contributed by atoms with E-state index >= 15 is 0 Å². The van der Waals surface area contributed by atoms with Crippen LogP contribution >= 0.6 is 27.5 Å². The van der Waals surface area contributed by atoms with E-state index in [-0.39, 0.29) is 12.3 Å². The number of pyridine rings is 1. The summed E-state index contributed by atoms with van der Waals surface area (Å²) in [6, 6.07) is 7.96. The molecule has 2 rings (SSSR count). The molecule has 0 aliphatic carbocycles. The van der Waals surface area contributed by atoms with E-state index in [1.54, 1.807) is 12.1 Å². The van der Waals surface area contributed by atoms with Gasteiger partial charge in [0.15, 0.2) is 12.4 Å². The van der Waals surface area contributed by atoms with Crippen LogP contribution in [0.15, 0.2) is 40.0 Å². The van der Waals surface area contributed by atoms with Crippen LogP contribution in [0.4, 0.5) is 11.5 Å². The molecule has 0 aliphatic rings. The fourth-order valence-electron chi connectivity index (χ4n) is 1.63. The summed E-state index contributed by atoms with van der Waals surface area (Å²) in [6.07, 6.45) is 2.63. The van der Waals surface area contributed by atoms with Crippen LogP contribution < -0.4 is 10.2 Å². The fraction of sp³-hybridized carbons (Fsp3) is 0.0714. The number of nitrogens with zero attached hydrogens (tertiary/aromatic N) is 4. The van der Waals surface area contributed by atoms with Crippen LogP contribution in [-0.4, -0.2) is 22.7 Å². The molecule has 122 valence electrons. The lowest BCUT2D eigenvalue weighted by Gasteiger charge is -2.08. The average Bonchev–Trinajstić information content (AvgIpc) is 2.54. The molecule has 1 N–H and O–H groups in total. The second-order valence-corrected chi connectivity index (χ2v) is 5.55. The molecule has 0 atom stereocenters. The van der Waals surface area contributed by atoms with Crippen LogP contribution in [0.3, 0.4) is 0 Å². The van der Waals surface area contributed by atoms with Crippen molar-refractivity contribution in [1.29, 1.82) is 5.26 Å². The molecule has 1 aromatic carbocycles. The van der Waals surface area contributed by atoms with Gasteiger partial charge < -0.3 is 4.74 Å². The number of nitriles is 1. The molecular formula is C14H9BrClN5O3. The molecule has 0 aliphatic heterocycles. The van der Waals surface area contributed by atoms with E-state index < -0.39 is 4.92 Å². The van der Waals surface area contributed by atoms with Crippen molar-refractivity contribution in [3.63, 3.8) is 0 Å². The summed E-state index contributed by atoms with van der Waals surface area (Å²) in [4.78, 5) is 13.9. The summed E-state index contributed by atoms with van der Waals surface area (Å²) in [5.74, 6) is 0.733. The maximum absolute atomic E-state index is 10.5. The average molecular weight is 411 g/mol. The zero-order valence-corrected chi connectivity index (χ0v) is 14.3. The smallest absolute Gasteiger partial charge is 0.287 e. The van der Waals surface area contributed by atoms with Gasteiger partial charge in [-0.05, 0) is 39.7 Å². The van der Waals surface area contributed by atoms with Gasteiger partial charge in [-0.25, -0.2) is 4.98 Å². The van der Waals surface area contributed by atoms with E-state index in [2.05, 4.69) is 31.4 Å². The number of benzene rings is 1.